The van der Waals surface area contributed by atoms with E-state index in [1.165, 1.54) is 15.6 Å². The molecular formula is C15H19N3O5S2. The number of aromatic carboxylic acids is 1. The van der Waals surface area contributed by atoms with Crippen molar-refractivity contribution in [3.05, 3.63) is 33.3 Å². The van der Waals surface area contributed by atoms with Crippen LogP contribution in [0.2, 0.25) is 0 Å². The number of carboxylic acid groups (broad SMARTS) is 1. The standard InChI is InChI=1S/C15H19N3O5S2/c1-10-14(11(2)23-16-10)25(21,22)18-6-4-17(5-7-18)9-12-3-8-24-13(12)15(19)20/h3,8H,4-7,9H2,1-2H3,(H,19,20). The molecule has 3 rings (SSSR count). The minimum Gasteiger partial charge on any atom is -0.477 e. The fraction of sp³-hybridized carbons (Fsp3) is 0.467. The Morgan fingerprint density at radius 2 is 2.00 bits per heavy atom. The van der Waals surface area contributed by atoms with Crippen LogP contribution in [0.1, 0.15) is 26.7 Å². The van der Waals surface area contributed by atoms with Gasteiger partial charge >= 0.3 is 5.97 Å². The molecule has 0 amide bonds. The van der Waals surface area contributed by atoms with Gasteiger partial charge < -0.3 is 9.63 Å². The maximum atomic E-state index is 12.8. The topological polar surface area (TPSA) is 104 Å². The predicted octanol–water partition coefficient (Wildman–Crippen LogP) is 1.56. The first-order chi connectivity index (χ1) is 11.8. The van der Waals surface area contributed by atoms with Gasteiger partial charge in [-0.1, -0.05) is 5.16 Å². The lowest BCUT2D eigenvalue weighted by atomic mass is 10.2. The lowest BCUT2D eigenvalue weighted by Crippen LogP contribution is -2.48. The smallest absolute Gasteiger partial charge is 0.346 e. The number of carbonyl (C=O) groups is 1. The van der Waals surface area contributed by atoms with Gasteiger partial charge in [0.2, 0.25) is 10.0 Å². The Labute approximate surface area is 149 Å². The lowest BCUT2D eigenvalue weighted by molar-refractivity contribution is 0.0699. The molecule has 8 nitrogen and oxygen atoms in total. The van der Waals surface area contributed by atoms with E-state index in [1.807, 2.05) is 0 Å². The van der Waals surface area contributed by atoms with Crippen LogP contribution < -0.4 is 0 Å². The Balaban J connectivity index is 1.68. The summed E-state index contributed by atoms with van der Waals surface area (Å²) in [5.74, 6) is -0.631. The van der Waals surface area contributed by atoms with Crippen molar-refractivity contribution in [1.82, 2.24) is 14.4 Å². The van der Waals surface area contributed by atoms with Crippen molar-refractivity contribution in [3.8, 4) is 0 Å². The zero-order valence-electron chi connectivity index (χ0n) is 13.9. The monoisotopic (exact) mass is 385 g/mol. The summed E-state index contributed by atoms with van der Waals surface area (Å²) in [5.41, 5.74) is 1.13. The molecule has 0 saturated carbocycles. The zero-order chi connectivity index (χ0) is 18.2. The quantitative estimate of drug-likeness (QED) is 0.833. The molecule has 136 valence electrons. The van der Waals surface area contributed by atoms with Crippen LogP contribution in [-0.4, -0.2) is 60.0 Å². The average molecular weight is 385 g/mol. The Morgan fingerprint density at radius 3 is 2.56 bits per heavy atom. The highest BCUT2D eigenvalue weighted by atomic mass is 32.2. The molecule has 10 heteroatoms. The van der Waals surface area contributed by atoms with E-state index in [4.69, 9.17) is 4.52 Å². The second-order valence-corrected chi connectivity index (χ2v) is 8.70. The number of sulfonamides is 1. The van der Waals surface area contributed by atoms with E-state index < -0.39 is 16.0 Å². The Bertz CT molecular complexity index is 859. The summed E-state index contributed by atoms with van der Waals surface area (Å²) in [4.78, 5) is 13.7. The molecule has 0 unspecified atom stereocenters. The van der Waals surface area contributed by atoms with Gasteiger partial charge in [-0.15, -0.1) is 11.3 Å². The normalized spacial score (nSPS) is 17.0. The fourth-order valence-corrected chi connectivity index (χ4v) is 5.46. The first-order valence-electron chi connectivity index (χ1n) is 7.75. The van der Waals surface area contributed by atoms with Gasteiger partial charge in [0.05, 0.1) is 0 Å². The van der Waals surface area contributed by atoms with E-state index in [2.05, 4.69) is 10.1 Å². The van der Waals surface area contributed by atoms with Gasteiger partial charge in [-0.2, -0.15) is 4.31 Å². The van der Waals surface area contributed by atoms with Crippen LogP contribution in [0.5, 0.6) is 0 Å². The zero-order valence-corrected chi connectivity index (χ0v) is 15.6. The van der Waals surface area contributed by atoms with Crippen molar-refractivity contribution in [2.24, 2.45) is 0 Å². The minimum atomic E-state index is -3.63. The maximum absolute atomic E-state index is 12.8. The summed E-state index contributed by atoms with van der Waals surface area (Å²) in [5, 5.41) is 14.7. The largest absolute Gasteiger partial charge is 0.477 e. The van der Waals surface area contributed by atoms with Gasteiger partial charge in [-0.05, 0) is 30.9 Å². The predicted molar refractivity (Wildman–Crippen MR) is 91.3 cm³/mol. The molecule has 1 fully saturated rings. The number of nitrogens with zero attached hydrogens (tertiary/aromatic N) is 3. The molecule has 0 spiro atoms. The van der Waals surface area contributed by atoms with Gasteiger partial charge in [0.1, 0.15) is 15.5 Å². The summed E-state index contributed by atoms with van der Waals surface area (Å²) >= 11 is 1.20. The van der Waals surface area contributed by atoms with Gasteiger partial charge in [-0.3, -0.25) is 4.90 Å². The van der Waals surface area contributed by atoms with Crippen LogP contribution in [-0.2, 0) is 16.6 Å². The van der Waals surface area contributed by atoms with Crippen LogP contribution in [0.4, 0.5) is 0 Å². The molecule has 3 heterocycles. The van der Waals surface area contributed by atoms with Gasteiger partial charge in [0.25, 0.3) is 0 Å². The number of piperazine rings is 1. The van der Waals surface area contributed by atoms with E-state index in [9.17, 15) is 18.3 Å². The number of hydrogen-bond donors (Lipinski definition) is 1. The van der Waals surface area contributed by atoms with E-state index in [0.717, 1.165) is 5.56 Å². The summed E-state index contributed by atoms with van der Waals surface area (Å²) in [6.45, 7) is 5.48. The molecule has 0 aromatic carbocycles. The molecule has 25 heavy (non-hydrogen) atoms. The number of aromatic nitrogens is 1. The van der Waals surface area contributed by atoms with Crippen LogP contribution >= 0.6 is 11.3 Å². The number of thiophene rings is 1. The molecule has 0 aliphatic carbocycles. The van der Waals surface area contributed by atoms with Gasteiger partial charge in [0, 0.05) is 32.7 Å². The molecule has 0 bridgehead atoms. The van der Waals surface area contributed by atoms with Crippen LogP contribution in [0.25, 0.3) is 0 Å². The third-order valence-corrected chi connectivity index (χ3v) is 7.32. The fourth-order valence-electron chi connectivity index (χ4n) is 2.99. The Morgan fingerprint density at radius 1 is 1.32 bits per heavy atom. The second-order valence-electron chi connectivity index (χ2n) is 5.91. The van der Waals surface area contributed by atoms with E-state index in [1.54, 1.807) is 25.3 Å². The van der Waals surface area contributed by atoms with Crippen molar-refractivity contribution in [2.75, 3.05) is 26.2 Å². The third kappa shape index (κ3) is 3.47. The Hall–Kier alpha value is -1.75. The van der Waals surface area contributed by atoms with E-state index in [0.29, 0.717) is 49.1 Å². The number of aryl methyl sites for hydroxylation is 2. The van der Waals surface area contributed by atoms with Gasteiger partial charge in [0.15, 0.2) is 5.76 Å². The summed E-state index contributed by atoms with van der Waals surface area (Å²) in [7, 11) is -3.63. The first-order valence-corrected chi connectivity index (χ1v) is 10.1. The van der Waals surface area contributed by atoms with Crippen molar-refractivity contribution >= 4 is 27.3 Å². The molecule has 2 aromatic heterocycles. The number of carboxylic acids is 1. The SMILES string of the molecule is Cc1noc(C)c1S(=O)(=O)N1CCN(Cc2ccsc2C(=O)O)CC1. The third-order valence-electron chi connectivity index (χ3n) is 4.23. The molecule has 1 aliphatic heterocycles. The highest BCUT2D eigenvalue weighted by molar-refractivity contribution is 7.89. The number of hydrogen-bond acceptors (Lipinski definition) is 7. The van der Waals surface area contributed by atoms with E-state index in [-0.39, 0.29) is 4.90 Å². The lowest BCUT2D eigenvalue weighted by Gasteiger charge is -2.33. The van der Waals surface area contributed by atoms with Crippen LogP contribution in [0.3, 0.4) is 0 Å². The summed E-state index contributed by atoms with van der Waals surface area (Å²) in [6, 6.07) is 1.81. The van der Waals surface area contributed by atoms with Crippen molar-refractivity contribution < 1.29 is 22.8 Å². The molecule has 1 N–H and O–H groups in total. The first kappa shape index (κ1) is 18.1. The summed E-state index contributed by atoms with van der Waals surface area (Å²) < 4.78 is 32.0. The molecule has 0 radical (unpaired) electrons. The highest BCUT2D eigenvalue weighted by Crippen LogP contribution is 2.25. The van der Waals surface area contributed by atoms with E-state index >= 15 is 0 Å². The van der Waals surface area contributed by atoms with Crippen molar-refractivity contribution in [1.29, 1.82) is 0 Å². The van der Waals surface area contributed by atoms with Crippen molar-refractivity contribution in [2.45, 2.75) is 25.3 Å². The molecule has 0 atom stereocenters. The molecule has 2 aromatic rings. The minimum absolute atomic E-state index is 0.145. The second kappa shape index (κ2) is 6.87. The van der Waals surface area contributed by atoms with Crippen LogP contribution in [0.15, 0.2) is 20.9 Å². The molecular weight excluding hydrogens is 366 g/mol. The average Bonchev–Trinajstić information content (AvgIpc) is 3.14. The Kier molecular flexibility index (Phi) is 4.96. The highest BCUT2D eigenvalue weighted by Gasteiger charge is 2.33. The van der Waals surface area contributed by atoms with Crippen molar-refractivity contribution in [3.63, 3.8) is 0 Å². The summed E-state index contributed by atoms with van der Waals surface area (Å²) in [6.07, 6.45) is 0. The molecule has 1 aliphatic rings. The molecule has 1 saturated heterocycles. The van der Waals surface area contributed by atoms with Crippen LogP contribution in [0, 0.1) is 13.8 Å². The van der Waals surface area contributed by atoms with Gasteiger partial charge in [-0.25, -0.2) is 13.2 Å². The maximum Gasteiger partial charge on any atom is 0.346 e. The number of rotatable bonds is 5.